The van der Waals surface area contributed by atoms with Crippen LogP contribution in [0.4, 0.5) is 0 Å². The van der Waals surface area contributed by atoms with Gasteiger partial charge in [-0.25, -0.2) is 8.42 Å². The van der Waals surface area contributed by atoms with Crippen LogP contribution in [-0.2, 0) is 16.6 Å². The molecule has 1 aliphatic rings. The van der Waals surface area contributed by atoms with Crippen LogP contribution < -0.4 is 5.73 Å². The van der Waals surface area contributed by atoms with Crippen molar-refractivity contribution in [2.75, 3.05) is 13.1 Å². The lowest BCUT2D eigenvalue weighted by atomic mass is 10.2. The number of hydrogen-bond donors (Lipinski definition) is 1. The summed E-state index contributed by atoms with van der Waals surface area (Å²) in [6.45, 7) is 1.51. The lowest BCUT2D eigenvalue weighted by Crippen LogP contribution is -2.35. The first-order chi connectivity index (χ1) is 8.55. The standard InChI is InChI=1S/C12H17ClN2O2S/c13-11-8-10(9-14)4-5-12(11)18(16,17)15-6-2-1-3-7-15/h4-5,8H,1-3,6-7,9,14H2. The highest BCUT2D eigenvalue weighted by molar-refractivity contribution is 7.89. The smallest absolute Gasteiger partial charge is 0.244 e. The van der Waals surface area contributed by atoms with Crippen molar-refractivity contribution < 1.29 is 8.42 Å². The summed E-state index contributed by atoms with van der Waals surface area (Å²) < 4.78 is 26.3. The Balaban J connectivity index is 2.34. The number of benzene rings is 1. The minimum Gasteiger partial charge on any atom is -0.326 e. The first-order valence-electron chi connectivity index (χ1n) is 6.04. The fraction of sp³-hybridized carbons (Fsp3) is 0.500. The van der Waals surface area contributed by atoms with Crippen LogP contribution >= 0.6 is 11.6 Å². The number of rotatable bonds is 3. The van der Waals surface area contributed by atoms with E-state index >= 15 is 0 Å². The number of nitrogens with zero attached hydrogens (tertiary/aromatic N) is 1. The van der Waals surface area contributed by atoms with Crippen molar-refractivity contribution in [3.05, 3.63) is 28.8 Å². The van der Waals surface area contributed by atoms with Gasteiger partial charge in [-0.2, -0.15) is 4.31 Å². The molecule has 1 aromatic rings. The summed E-state index contributed by atoms with van der Waals surface area (Å²) in [7, 11) is -3.46. The van der Waals surface area contributed by atoms with E-state index in [0.717, 1.165) is 24.8 Å². The van der Waals surface area contributed by atoms with E-state index in [9.17, 15) is 8.42 Å². The van der Waals surface area contributed by atoms with Gasteiger partial charge in [0, 0.05) is 19.6 Å². The lowest BCUT2D eigenvalue weighted by Gasteiger charge is -2.26. The molecule has 0 aromatic heterocycles. The summed E-state index contributed by atoms with van der Waals surface area (Å²) in [5.74, 6) is 0. The highest BCUT2D eigenvalue weighted by Crippen LogP contribution is 2.27. The van der Waals surface area contributed by atoms with E-state index in [1.54, 1.807) is 18.2 Å². The maximum Gasteiger partial charge on any atom is 0.244 e. The van der Waals surface area contributed by atoms with Crippen LogP contribution in [0, 0.1) is 0 Å². The molecule has 1 saturated heterocycles. The van der Waals surface area contributed by atoms with E-state index in [1.165, 1.54) is 4.31 Å². The Morgan fingerprint density at radius 3 is 2.44 bits per heavy atom. The van der Waals surface area contributed by atoms with Crippen LogP contribution in [0.2, 0.25) is 5.02 Å². The van der Waals surface area contributed by atoms with Crippen LogP contribution in [0.3, 0.4) is 0 Å². The first kappa shape index (κ1) is 13.8. The molecule has 1 aromatic carbocycles. The van der Waals surface area contributed by atoms with Gasteiger partial charge < -0.3 is 5.73 Å². The zero-order valence-corrected chi connectivity index (χ0v) is 11.7. The number of halogens is 1. The van der Waals surface area contributed by atoms with Crippen LogP contribution in [0.5, 0.6) is 0 Å². The van der Waals surface area contributed by atoms with Crippen molar-refractivity contribution in [1.29, 1.82) is 0 Å². The Kier molecular flexibility index (Phi) is 4.27. The summed E-state index contributed by atoms with van der Waals surface area (Å²) in [5, 5.41) is 0.253. The molecule has 2 N–H and O–H groups in total. The van der Waals surface area contributed by atoms with E-state index in [2.05, 4.69) is 0 Å². The van der Waals surface area contributed by atoms with Gasteiger partial charge in [0.05, 0.1) is 5.02 Å². The van der Waals surface area contributed by atoms with Gasteiger partial charge in [0.2, 0.25) is 10.0 Å². The van der Waals surface area contributed by atoms with Gasteiger partial charge in [-0.1, -0.05) is 24.1 Å². The van der Waals surface area contributed by atoms with Gasteiger partial charge >= 0.3 is 0 Å². The van der Waals surface area contributed by atoms with Crippen molar-refractivity contribution in [1.82, 2.24) is 4.31 Å². The average Bonchev–Trinajstić information content (AvgIpc) is 2.39. The molecular weight excluding hydrogens is 272 g/mol. The molecule has 0 bridgehead atoms. The Morgan fingerprint density at radius 2 is 1.89 bits per heavy atom. The molecule has 0 unspecified atom stereocenters. The topological polar surface area (TPSA) is 63.4 Å². The molecule has 0 amide bonds. The van der Waals surface area contributed by atoms with Crippen LogP contribution in [-0.4, -0.2) is 25.8 Å². The molecule has 0 saturated carbocycles. The van der Waals surface area contributed by atoms with E-state index < -0.39 is 10.0 Å². The van der Waals surface area contributed by atoms with Crippen molar-refractivity contribution in [3.8, 4) is 0 Å². The molecule has 6 heteroatoms. The van der Waals surface area contributed by atoms with Gasteiger partial charge in [0.15, 0.2) is 0 Å². The second-order valence-corrected chi connectivity index (χ2v) is 6.75. The van der Waals surface area contributed by atoms with Gasteiger partial charge in [-0.15, -0.1) is 0 Å². The number of hydrogen-bond acceptors (Lipinski definition) is 3. The normalized spacial score (nSPS) is 17.9. The quantitative estimate of drug-likeness (QED) is 0.925. The van der Waals surface area contributed by atoms with Gasteiger partial charge in [-0.3, -0.25) is 0 Å². The maximum absolute atomic E-state index is 12.4. The van der Waals surface area contributed by atoms with E-state index in [0.29, 0.717) is 19.6 Å². The number of nitrogens with two attached hydrogens (primary N) is 1. The van der Waals surface area contributed by atoms with Crippen LogP contribution in [0.15, 0.2) is 23.1 Å². The SMILES string of the molecule is NCc1ccc(S(=O)(=O)N2CCCCC2)c(Cl)c1. The minimum absolute atomic E-state index is 0.184. The van der Waals surface area contributed by atoms with Crippen molar-refractivity contribution in [2.24, 2.45) is 5.73 Å². The predicted octanol–water partition coefficient (Wildman–Crippen LogP) is 1.97. The largest absolute Gasteiger partial charge is 0.326 e. The predicted molar refractivity (Wildman–Crippen MR) is 72.0 cm³/mol. The molecule has 0 atom stereocenters. The molecule has 1 aliphatic heterocycles. The van der Waals surface area contributed by atoms with E-state index in [-0.39, 0.29) is 9.92 Å². The number of sulfonamides is 1. The van der Waals surface area contributed by atoms with Crippen LogP contribution in [0.1, 0.15) is 24.8 Å². The fourth-order valence-corrected chi connectivity index (χ4v) is 4.18. The average molecular weight is 289 g/mol. The van der Waals surface area contributed by atoms with Crippen LogP contribution in [0.25, 0.3) is 0 Å². The molecule has 0 radical (unpaired) electrons. The molecule has 0 spiro atoms. The monoisotopic (exact) mass is 288 g/mol. The van der Waals surface area contributed by atoms with Gasteiger partial charge in [0.25, 0.3) is 0 Å². The molecule has 1 fully saturated rings. The molecule has 4 nitrogen and oxygen atoms in total. The molecule has 100 valence electrons. The minimum atomic E-state index is -3.46. The second-order valence-electron chi connectivity index (χ2n) is 4.43. The Hall–Kier alpha value is -0.620. The Morgan fingerprint density at radius 1 is 1.22 bits per heavy atom. The lowest BCUT2D eigenvalue weighted by molar-refractivity contribution is 0.346. The first-order valence-corrected chi connectivity index (χ1v) is 7.86. The highest BCUT2D eigenvalue weighted by Gasteiger charge is 2.27. The van der Waals surface area contributed by atoms with Crippen molar-refractivity contribution in [2.45, 2.75) is 30.7 Å². The maximum atomic E-state index is 12.4. The second kappa shape index (κ2) is 5.57. The summed E-state index contributed by atoms with van der Waals surface area (Å²) in [4.78, 5) is 0.184. The Labute approximate surface area is 113 Å². The van der Waals surface area contributed by atoms with E-state index in [1.807, 2.05) is 0 Å². The summed E-state index contributed by atoms with van der Waals surface area (Å²) in [5.41, 5.74) is 6.33. The highest BCUT2D eigenvalue weighted by atomic mass is 35.5. The zero-order valence-electron chi connectivity index (χ0n) is 10.1. The fourth-order valence-electron chi connectivity index (χ4n) is 2.12. The molecule has 2 rings (SSSR count). The zero-order chi connectivity index (χ0) is 13.2. The third-order valence-corrected chi connectivity index (χ3v) is 5.55. The van der Waals surface area contributed by atoms with E-state index in [4.69, 9.17) is 17.3 Å². The third-order valence-electron chi connectivity index (χ3n) is 3.16. The van der Waals surface area contributed by atoms with Gasteiger partial charge in [-0.05, 0) is 30.5 Å². The summed E-state index contributed by atoms with van der Waals surface area (Å²) in [6.07, 6.45) is 2.92. The van der Waals surface area contributed by atoms with Crippen molar-refractivity contribution >= 4 is 21.6 Å². The summed E-state index contributed by atoms with van der Waals surface area (Å²) >= 11 is 6.05. The number of piperidine rings is 1. The molecule has 1 heterocycles. The molecule has 0 aliphatic carbocycles. The summed E-state index contributed by atoms with van der Waals surface area (Å²) in [6, 6.07) is 4.88. The van der Waals surface area contributed by atoms with Crippen molar-refractivity contribution in [3.63, 3.8) is 0 Å². The Bertz CT molecular complexity index is 525. The molecular formula is C12H17ClN2O2S. The van der Waals surface area contributed by atoms with Gasteiger partial charge in [0.1, 0.15) is 4.90 Å². The molecule has 18 heavy (non-hydrogen) atoms. The third kappa shape index (κ3) is 2.69.